The molecule has 0 spiro atoms. The van der Waals surface area contributed by atoms with E-state index in [0.29, 0.717) is 24.5 Å². The minimum atomic E-state index is -3.43. The number of fused-ring (bicyclic) bond motifs is 1. The Kier molecular flexibility index (Phi) is 5.23. The quantitative estimate of drug-likeness (QED) is 0.805. The molecule has 3 aliphatic heterocycles. The molecule has 1 atom stereocenters. The molecule has 9 heteroatoms. The fourth-order valence-electron chi connectivity index (χ4n) is 3.65. The minimum Gasteiger partial charge on any atom is -0.338 e. The monoisotopic (exact) mass is 414 g/mol. The van der Waals surface area contributed by atoms with Gasteiger partial charge in [-0.1, -0.05) is 18.2 Å². The lowest BCUT2D eigenvalue weighted by molar-refractivity contribution is -0.130. The fourth-order valence-corrected chi connectivity index (χ4v) is 4.62. The highest BCUT2D eigenvalue weighted by atomic mass is 32.2. The Labute approximate surface area is 169 Å². The van der Waals surface area contributed by atoms with E-state index in [-0.39, 0.29) is 30.0 Å². The summed E-state index contributed by atoms with van der Waals surface area (Å²) in [6.07, 6.45) is 6.27. The molecule has 1 N–H and O–H groups in total. The summed E-state index contributed by atoms with van der Waals surface area (Å²) >= 11 is 0. The highest BCUT2D eigenvalue weighted by Gasteiger charge is 2.31. The molecule has 3 heterocycles. The van der Waals surface area contributed by atoms with Gasteiger partial charge in [0, 0.05) is 31.5 Å². The van der Waals surface area contributed by atoms with E-state index in [4.69, 9.17) is 0 Å². The fraction of sp³-hybridized carbons (Fsp3) is 0.350. The summed E-state index contributed by atoms with van der Waals surface area (Å²) in [7, 11) is -3.43. The molecule has 2 amide bonds. The van der Waals surface area contributed by atoms with Crippen molar-refractivity contribution in [3.05, 3.63) is 54.3 Å². The summed E-state index contributed by atoms with van der Waals surface area (Å²) in [5.41, 5.74) is 1.21. The average Bonchev–Trinajstić information content (AvgIpc) is 2.73. The van der Waals surface area contributed by atoms with Gasteiger partial charge in [0.1, 0.15) is 5.84 Å². The number of carbonyl (C=O) groups excluding carboxylic acids is 2. The maximum absolute atomic E-state index is 13.0. The van der Waals surface area contributed by atoms with Gasteiger partial charge in [-0.3, -0.25) is 9.59 Å². The van der Waals surface area contributed by atoms with Crippen LogP contribution in [0.15, 0.2) is 58.7 Å². The summed E-state index contributed by atoms with van der Waals surface area (Å²) in [5, 5.41) is 2.91. The molecule has 29 heavy (non-hydrogen) atoms. The molecule has 1 aromatic carbocycles. The number of benzene rings is 1. The van der Waals surface area contributed by atoms with Crippen LogP contribution in [-0.2, 0) is 19.6 Å². The number of anilines is 1. The number of amides is 2. The van der Waals surface area contributed by atoms with Crippen LogP contribution in [0.3, 0.4) is 0 Å². The van der Waals surface area contributed by atoms with Gasteiger partial charge in [-0.05, 0) is 37.1 Å². The summed E-state index contributed by atoms with van der Waals surface area (Å²) < 4.78 is 27.0. The number of hydrogen-bond donors (Lipinski definition) is 1. The molecule has 8 nitrogen and oxygen atoms in total. The zero-order valence-corrected chi connectivity index (χ0v) is 16.6. The van der Waals surface area contributed by atoms with Crippen molar-refractivity contribution in [3.63, 3.8) is 0 Å². The first kappa shape index (κ1) is 19.4. The van der Waals surface area contributed by atoms with Gasteiger partial charge in [-0.25, -0.2) is 8.42 Å². The highest BCUT2D eigenvalue weighted by Crippen LogP contribution is 2.23. The molecule has 0 radical (unpaired) electrons. The normalized spacial score (nSPS) is 23.0. The van der Waals surface area contributed by atoms with E-state index in [2.05, 4.69) is 9.71 Å². The average molecular weight is 414 g/mol. The Morgan fingerprint density at radius 2 is 1.90 bits per heavy atom. The van der Waals surface area contributed by atoms with E-state index >= 15 is 0 Å². The van der Waals surface area contributed by atoms with Crippen LogP contribution in [0.25, 0.3) is 0 Å². The van der Waals surface area contributed by atoms with Crippen molar-refractivity contribution in [2.45, 2.75) is 12.8 Å². The second-order valence-corrected chi connectivity index (χ2v) is 9.05. The van der Waals surface area contributed by atoms with E-state index in [1.54, 1.807) is 28.2 Å². The van der Waals surface area contributed by atoms with Crippen molar-refractivity contribution in [3.8, 4) is 0 Å². The molecule has 0 aromatic heterocycles. The summed E-state index contributed by atoms with van der Waals surface area (Å²) in [6, 6.07) is 9.27. The van der Waals surface area contributed by atoms with Crippen LogP contribution in [-0.4, -0.2) is 61.3 Å². The molecular formula is C20H22N4O4S. The van der Waals surface area contributed by atoms with Crippen LogP contribution in [0.1, 0.15) is 12.8 Å². The van der Waals surface area contributed by atoms with Crippen molar-refractivity contribution in [2.24, 2.45) is 10.3 Å². The number of nitrogens with zero attached hydrogens (tertiary/aromatic N) is 3. The van der Waals surface area contributed by atoms with Crippen LogP contribution in [0.2, 0.25) is 0 Å². The largest absolute Gasteiger partial charge is 0.338 e. The molecule has 152 valence electrons. The number of likely N-dealkylation sites (tertiary alicyclic amines) is 1. The Morgan fingerprint density at radius 3 is 2.69 bits per heavy atom. The Balaban J connectivity index is 1.42. The van der Waals surface area contributed by atoms with E-state index in [9.17, 15) is 18.0 Å². The molecule has 1 fully saturated rings. The van der Waals surface area contributed by atoms with E-state index < -0.39 is 10.0 Å². The molecule has 1 saturated heterocycles. The lowest BCUT2D eigenvalue weighted by atomic mass is 9.96. The maximum Gasteiger partial charge on any atom is 0.256 e. The van der Waals surface area contributed by atoms with Gasteiger partial charge in [0.15, 0.2) is 0 Å². The predicted octanol–water partition coefficient (Wildman–Crippen LogP) is 1.36. The van der Waals surface area contributed by atoms with Crippen LogP contribution >= 0.6 is 0 Å². The van der Waals surface area contributed by atoms with Gasteiger partial charge in [-0.15, -0.1) is 4.40 Å². The summed E-state index contributed by atoms with van der Waals surface area (Å²) in [4.78, 5) is 28.9. The second-order valence-electron chi connectivity index (χ2n) is 7.29. The van der Waals surface area contributed by atoms with Crippen molar-refractivity contribution < 1.29 is 18.0 Å². The lowest BCUT2D eigenvalue weighted by Crippen LogP contribution is -2.45. The van der Waals surface area contributed by atoms with Gasteiger partial charge in [0.2, 0.25) is 5.91 Å². The first-order chi connectivity index (χ1) is 13.9. The number of para-hydroxylation sites is 1. The summed E-state index contributed by atoms with van der Waals surface area (Å²) in [6.45, 7) is 1.22. The Morgan fingerprint density at radius 1 is 1.10 bits per heavy atom. The van der Waals surface area contributed by atoms with Gasteiger partial charge in [-0.2, -0.15) is 0 Å². The Bertz CT molecular complexity index is 1010. The molecule has 4 rings (SSSR count). The van der Waals surface area contributed by atoms with Crippen molar-refractivity contribution in [1.82, 2.24) is 9.80 Å². The topological polar surface area (TPSA) is 99.1 Å². The van der Waals surface area contributed by atoms with Gasteiger partial charge < -0.3 is 15.1 Å². The smallest absolute Gasteiger partial charge is 0.256 e. The number of hydrogen-bond acceptors (Lipinski definition) is 5. The molecular weight excluding hydrogens is 392 g/mol. The zero-order chi connectivity index (χ0) is 20.4. The van der Waals surface area contributed by atoms with Crippen LogP contribution in [0.5, 0.6) is 0 Å². The number of carbonyl (C=O) groups is 2. The number of amidine groups is 1. The van der Waals surface area contributed by atoms with Gasteiger partial charge in [0.25, 0.3) is 15.9 Å². The predicted molar refractivity (Wildman–Crippen MR) is 110 cm³/mol. The molecule has 0 aliphatic carbocycles. The first-order valence-corrected chi connectivity index (χ1v) is 11.2. The van der Waals surface area contributed by atoms with Crippen molar-refractivity contribution >= 4 is 33.4 Å². The van der Waals surface area contributed by atoms with Gasteiger partial charge >= 0.3 is 0 Å². The third-order valence-corrected chi connectivity index (χ3v) is 6.36. The molecule has 0 saturated carbocycles. The van der Waals surface area contributed by atoms with Crippen molar-refractivity contribution in [1.29, 1.82) is 0 Å². The zero-order valence-electron chi connectivity index (χ0n) is 15.8. The number of piperidine rings is 1. The van der Waals surface area contributed by atoms with Crippen LogP contribution in [0, 0.1) is 5.92 Å². The Hall–Kier alpha value is -2.94. The van der Waals surface area contributed by atoms with E-state index in [0.717, 1.165) is 18.5 Å². The number of rotatable bonds is 3. The second kappa shape index (κ2) is 7.82. The molecule has 1 aromatic rings. The third-order valence-electron chi connectivity index (χ3n) is 5.19. The first-order valence-electron chi connectivity index (χ1n) is 9.56. The number of sulfonamides is 1. The summed E-state index contributed by atoms with van der Waals surface area (Å²) in [5.74, 6) is -0.262. The standard InChI is InChI=1S/C20H22N4O4S/c25-19(21-17-6-2-1-3-7-17)15-5-4-10-24(13-15)20(26)16-8-9-18-22-29(27,28)12-11-23(18)14-16/h1-3,6-9,14-15H,4-5,10-13H2,(H,21,25)/t15-/m1/s1. The SMILES string of the molecule is O=C(Nc1ccccc1)[C@@H]1CCCN(C(=O)C2=CN3CCS(=O)(=O)N=C3C=C2)C1. The maximum atomic E-state index is 13.0. The van der Waals surface area contributed by atoms with E-state index in [1.807, 2.05) is 30.3 Å². The third kappa shape index (κ3) is 4.40. The molecule has 0 bridgehead atoms. The van der Waals surface area contributed by atoms with Crippen LogP contribution in [0.4, 0.5) is 5.69 Å². The number of nitrogens with one attached hydrogen (secondary N) is 1. The van der Waals surface area contributed by atoms with Crippen molar-refractivity contribution in [2.75, 3.05) is 30.7 Å². The molecule has 3 aliphatic rings. The van der Waals surface area contributed by atoms with Crippen LogP contribution < -0.4 is 5.32 Å². The molecule has 0 unspecified atom stereocenters. The highest BCUT2D eigenvalue weighted by molar-refractivity contribution is 7.90. The lowest BCUT2D eigenvalue weighted by Gasteiger charge is -2.33. The minimum absolute atomic E-state index is 0.0756. The van der Waals surface area contributed by atoms with E-state index in [1.165, 1.54) is 0 Å². The van der Waals surface area contributed by atoms with Gasteiger partial charge in [0.05, 0.1) is 17.2 Å².